The molecule has 0 saturated heterocycles. The van der Waals surface area contributed by atoms with Gasteiger partial charge in [0.25, 0.3) is 0 Å². The molecule has 0 spiro atoms. The molecule has 2 aromatic carbocycles. The van der Waals surface area contributed by atoms with Gasteiger partial charge in [-0.3, -0.25) is 9.98 Å². The zero-order valence-electron chi connectivity index (χ0n) is 15.5. The van der Waals surface area contributed by atoms with Crippen LogP contribution in [0.4, 0.5) is 13.2 Å². The monoisotopic (exact) mass is 398 g/mol. The van der Waals surface area contributed by atoms with E-state index in [2.05, 4.69) is 15.3 Å². The number of halogens is 3. The number of aryl methyl sites for hydroxylation is 1. The number of nitrogens with one attached hydrogen (secondary N) is 1. The van der Waals surface area contributed by atoms with Crippen molar-refractivity contribution in [3.8, 4) is 5.75 Å². The van der Waals surface area contributed by atoms with E-state index in [1.165, 1.54) is 18.5 Å². The topological polar surface area (TPSA) is 51.4 Å². The van der Waals surface area contributed by atoms with E-state index in [0.717, 1.165) is 18.9 Å². The van der Waals surface area contributed by atoms with Crippen molar-refractivity contribution in [1.29, 1.82) is 0 Å². The number of hydrogen-bond donors (Lipinski definition) is 1. The van der Waals surface area contributed by atoms with E-state index in [0.29, 0.717) is 34.0 Å². The molecule has 1 aliphatic rings. The zero-order chi connectivity index (χ0) is 20.2. The Morgan fingerprint density at radius 1 is 1.14 bits per heavy atom. The maximum absolute atomic E-state index is 14.1. The Balaban J connectivity index is 1.74. The van der Waals surface area contributed by atoms with Gasteiger partial charge in [-0.15, -0.1) is 0 Å². The van der Waals surface area contributed by atoms with Crippen LogP contribution in [0.5, 0.6) is 5.75 Å². The highest BCUT2D eigenvalue weighted by Crippen LogP contribution is 2.43. The molecule has 5 rings (SSSR count). The Kier molecular flexibility index (Phi) is 3.90. The second kappa shape index (κ2) is 6.37. The summed E-state index contributed by atoms with van der Waals surface area (Å²) in [5.74, 6) is 1.36. The molecule has 0 bridgehead atoms. The summed E-state index contributed by atoms with van der Waals surface area (Å²) in [6.45, 7) is 1.82. The van der Waals surface area contributed by atoms with E-state index in [-0.39, 0.29) is 10.9 Å². The third-order valence-corrected chi connectivity index (χ3v) is 5.27. The predicted molar refractivity (Wildman–Crippen MR) is 107 cm³/mol. The number of amidine groups is 1. The molecule has 0 unspecified atom stereocenters. The molecule has 4 aromatic rings. The Labute approximate surface area is 163 Å². The lowest BCUT2D eigenvalue weighted by Crippen LogP contribution is -2.24. The van der Waals surface area contributed by atoms with E-state index < -0.39 is 11.7 Å². The average molecular weight is 398 g/mol. The Hall–Kier alpha value is -3.29. The number of hydrogen-bond acceptors (Lipinski definition) is 4. The number of rotatable bonds is 3. The number of fused-ring (bicyclic) bond motifs is 4. The summed E-state index contributed by atoms with van der Waals surface area (Å²) in [6.07, 6.45) is -1.64. The van der Waals surface area contributed by atoms with E-state index in [1.54, 1.807) is 35.9 Å². The fraction of sp³-hybridized carbons (Fsp3) is 0.238. The third kappa shape index (κ3) is 2.86. The number of pyridine rings is 1. The zero-order valence-corrected chi connectivity index (χ0v) is 15.5. The minimum absolute atomic E-state index is 0.146. The molecule has 2 aromatic heterocycles. The molecular weight excluding hydrogens is 381 g/mol. The molecule has 8 heteroatoms. The van der Waals surface area contributed by atoms with Crippen molar-refractivity contribution in [3.05, 3.63) is 48.3 Å². The van der Waals surface area contributed by atoms with Crippen LogP contribution < -0.4 is 10.1 Å². The molecule has 5 nitrogen and oxygen atoms in total. The first kappa shape index (κ1) is 17.8. The third-order valence-electron chi connectivity index (χ3n) is 5.27. The van der Waals surface area contributed by atoms with Crippen molar-refractivity contribution in [2.45, 2.75) is 6.18 Å². The second-order valence-corrected chi connectivity index (χ2v) is 7.02. The molecule has 3 heterocycles. The minimum atomic E-state index is -4.49. The number of benzene rings is 2. The molecule has 1 N–H and O–H groups in total. The van der Waals surface area contributed by atoms with Crippen molar-refractivity contribution in [2.24, 2.45) is 12.0 Å². The first-order chi connectivity index (χ1) is 13.9. The maximum atomic E-state index is 14.1. The fourth-order valence-corrected chi connectivity index (χ4v) is 4.01. The summed E-state index contributed by atoms with van der Waals surface area (Å²) in [6, 6.07) is 8.53. The average Bonchev–Trinajstić information content (AvgIpc) is 3.31. The number of aromatic nitrogens is 2. The van der Waals surface area contributed by atoms with E-state index in [4.69, 9.17) is 4.74 Å². The van der Waals surface area contributed by atoms with Crippen LogP contribution in [0, 0.1) is 0 Å². The lowest BCUT2D eigenvalue weighted by molar-refractivity contribution is -0.135. The summed E-state index contributed by atoms with van der Waals surface area (Å²) in [4.78, 5) is 8.29. The van der Waals surface area contributed by atoms with Gasteiger partial charge in [-0.1, -0.05) is 0 Å². The van der Waals surface area contributed by atoms with Gasteiger partial charge in [-0.05, 0) is 35.7 Å². The van der Waals surface area contributed by atoms with Crippen molar-refractivity contribution in [3.63, 3.8) is 0 Å². The van der Waals surface area contributed by atoms with Crippen molar-refractivity contribution >= 4 is 38.4 Å². The summed E-state index contributed by atoms with van der Waals surface area (Å²) < 4.78 is 49.6. The van der Waals surface area contributed by atoms with E-state index in [9.17, 15) is 13.2 Å². The fourth-order valence-electron chi connectivity index (χ4n) is 4.01. The number of alkyl halides is 3. The van der Waals surface area contributed by atoms with Gasteiger partial charge in [0, 0.05) is 47.7 Å². The number of nitrogens with zero attached hydrogens (tertiary/aromatic N) is 3. The predicted octanol–water partition coefficient (Wildman–Crippen LogP) is 4.28. The van der Waals surface area contributed by atoms with Gasteiger partial charge < -0.3 is 14.6 Å². The van der Waals surface area contributed by atoms with Crippen LogP contribution in [-0.2, 0) is 13.2 Å². The number of aliphatic imine (C=N–C) groups is 1. The van der Waals surface area contributed by atoms with Gasteiger partial charge in [0.1, 0.15) is 18.2 Å². The van der Waals surface area contributed by atoms with Gasteiger partial charge >= 0.3 is 6.18 Å². The Morgan fingerprint density at radius 2 is 2.00 bits per heavy atom. The standard InChI is InChI=1S/C21H17F3N4O/c1-28-17-3-2-13(29-11-18-26-6-7-27-18)9-15(17)16-8-12-10-25-5-4-14(12)19(20(16)28)21(22,23)24/h2-5,8-10H,6-7,11H2,1H3,(H,26,27). The molecule has 0 fully saturated rings. The molecular formula is C21H17F3N4O. The highest BCUT2D eigenvalue weighted by Gasteiger charge is 2.36. The SMILES string of the molecule is Cn1c2ccc(OCC3=NCCN3)cc2c2cc3cnccc3c(C(F)(F)F)c21. The van der Waals surface area contributed by atoms with Crippen molar-refractivity contribution < 1.29 is 17.9 Å². The molecule has 148 valence electrons. The molecule has 0 atom stereocenters. The van der Waals surface area contributed by atoms with Crippen LogP contribution in [0.25, 0.3) is 32.6 Å². The lowest BCUT2D eigenvalue weighted by atomic mass is 10.0. The van der Waals surface area contributed by atoms with Gasteiger partial charge in [-0.25, -0.2) is 0 Å². The van der Waals surface area contributed by atoms with Gasteiger partial charge in [0.2, 0.25) is 0 Å². The van der Waals surface area contributed by atoms with E-state index >= 15 is 0 Å². The summed E-state index contributed by atoms with van der Waals surface area (Å²) in [5, 5.41) is 4.96. The largest absolute Gasteiger partial charge is 0.486 e. The first-order valence-electron chi connectivity index (χ1n) is 9.19. The van der Waals surface area contributed by atoms with Crippen LogP contribution in [-0.4, -0.2) is 35.1 Å². The Bertz CT molecular complexity index is 1290. The quantitative estimate of drug-likeness (QED) is 0.561. The summed E-state index contributed by atoms with van der Waals surface area (Å²) in [7, 11) is 1.66. The van der Waals surface area contributed by atoms with Crippen molar-refractivity contribution in [2.75, 3.05) is 19.7 Å². The van der Waals surface area contributed by atoms with Gasteiger partial charge in [-0.2, -0.15) is 13.2 Å². The highest BCUT2D eigenvalue weighted by atomic mass is 19.4. The number of ether oxygens (including phenoxy) is 1. The van der Waals surface area contributed by atoms with Crippen LogP contribution in [0.3, 0.4) is 0 Å². The highest BCUT2D eigenvalue weighted by molar-refractivity contribution is 6.15. The molecule has 1 aliphatic heterocycles. The molecule has 0 aliphatic carbocycles. The van der Waals surface area contributed by atoms with Crippen LogP contribution in [0.1, 0.15) is 5.56 Å². The van der Waals surface area contributed by atoms with Crippen LogP contribution in [0.15, 0.2) is 47.7 Å². The van der Waals surface area contributed by atoms with E-state index in [1.807, 2.05) is 0 Å². The molecule has 0 amide bonds. The molecule has 29 heavy (non-hydrogen) atoms. The minimum Gasteiger partial charge on any atom is -0.486 e. The van der Waals surface area contributed by atoms with Crippen LogP contribution in [0.2, 0.25) is 0 Å². The molecule has 0 saturated carbocycles. The summed E-state index contributed by atoms with van der Waals surface area (Å²) in [5.41, 5.74) is 0.223. The van der Waals surface area contributed by atoms with Gasteiger partial charge in [0.15, 0.2) is 0 Å². The molecule has 0 radical (unpaired) electrons. The maximum Gasteiger partial charge on any atom is 0.419 e. The smallest absolute Gasteiger partial charge is 0.419 e. The summed E-state index contributed by atoms with van der Waals surface area (Å²) >= 11 is 0. The lowest BCUT2D eigenvalue weighted by Gasteiger charge is -2.13. The van der Waals surface area contributed by atoms with Crippen molar-refractivity contribution in [1.82, 2.24) is 14.9 Å². The first-order valence-corrected chi connectivity index (χ1v) is 9.19. The second-order valence-electron chi connectivity index (χ2n) is 7.02. The van der Waals surface area contributed by atoms with Gasteiger partial charge in [0.05, 0.1) is 17.6 Å². The van der Waals surface area contributed by atoms with Crippen LogP contribution >= 0.6 is 0 Å². The normalized spacial score (nSPS) is 14.6. The Morgan fingerprint density at radius 3 is 2.76 bits per heavy atom.